The van der Waals surface area contributed by atoms with Crippen molar-refractivity contribution in [2.24, 2.45) is 11.7 Å². The summed E-state index contributed by atoms with van der Waals surface area (Å²) in [4.78, 5) is 35.2. The Morgan fingerprint density at radius 3 is 2.07 bits per heavy atom. The third kappa shape index (κ3) is 9.09. The zero-order valence-electron chi connectivity index (χ0n) is 29.4. The summed E-state index contributed by atoms with van der Waals surface area (Å²) in [5.74, 6) is -3.54. The van der Waals surface area contributed by atoms with Crippen molar-refractivity contribution in [3.8, 4) is 0 Å². The number of fused-ring (bicyclic) bond motifs is 1. The number of nitrogens with zero attached hydrogens (tertiary/aromatic N) is 4. The van der Waals surface area contributed by atoms with Gasteiger partial charge >= 0.3 is 30.6 Å². The molecule has 3 atom stereocenters. The Bertz CT molecular complexity index is 1850. The molecule has 19 heteroatoms. The molecule has 1 aromatic carbocycles. The van der Waals surface area contributed by atoms with Crippen LogP contribution in [0.25, 0.3) is 0 Å². The molecule has 3 aromatic rings. The number of anilines is 2. The van der Waals surface area contributed by atoms with Crippen molar-refractivity contribution in [1.29, 1.82) is 0 Å². The molecule has 10 nitrogen and oxygen atoms in total. The molecule has 4 heterocycles. The number of carbonyl (C=O) groups is 2. The van der Waals surface area contributed by atoms with E-state index in [-0.39, 0.29) is 55.1 Å². The van der Waals surface area contributed by atoms with Crippen LogP contribution in [0.2, 0.25) is 0 Å². The Hall–Kier alpha value is -4.65. The number of rotatable bonds is 11. The maximum absolute atomic E-state index is 14.2. The first-order chi connectivity index (χ1) is 25.6. The number of alkyl halides is 9. The van der Waals surface area contributed by atoms with E-state index in [4.69, 9.17) is 15.6 Å². The molecule has 55 heavy (non-hydrogen) atoms. The number of amides is 1. The summed E-state index contributed by atoms with van der Waals surface area (Å²) in [5.41, 5.74) is -0.168. The monoisotopic (exact) mass is 791 g/mol. The second kappa shape index (κ2) is 15.8. The molecular weight excluding hydrogens is 753 g/mol. The zero-order chi connectivity index (χ0) is 40.5. The number of pyridine rings is 2. The number of aliphatic carboxylic acids is 1. The van der Waals surface area contributed by atoms with Gasteiger partial charge in [0.25, 0.3) is 0 Å². The van der Waals surface area contributed by atoms with Crippen molar-refractivity contribution < 1.29 is 64.1 Å². The van der Waals surface area contributed by atoms with Crippen LogP contribution in [-0.2, 0) is 34.5 Å². The molecule has 2 aliphatic heterocycles. The number of morpholine rings is 1. The molecule has 0 radical (unpaired) electrons. The molecule has 300 valence electrons. The average molecular weight is 792 g/mol. The summed E-state index contributed by atoms with van der Waals surface area (Å²) in [6, 6.07) is 4.09. The quantitative estimate of drug-likeness (QED) is 0.129. The number of carboxylic acid groups (broad SMARTS) is 2. The first-order valence-corrected chi connectivity index (χ1v) is 17.4. The Balaban J connectivity index is 1.79. The van der Waals surface area contributed by atoms with Gasteiger partial charge in [-0.2, -0.15) is 39.5 Å². The smallest absolute Gasteiger partial charge is 0.433 e. The van der Waals surface area contributed by atoms with E-state index in [1.165, 1.54) is 12.3 Å². The summed E-state index contributed by atoms with van der Waals surface area (Å²) in [7, 11) is 0. The lowest BCUT2D eigenvalue weighted by Gasteiger charge is -2.51. The minimum atomic E-state index is -5.17. The number of unbranched alkanes of at least 4 members (excludes halogenated alkanes) is 2. The normalized spacial score (nSPS) is 20.7. The minimum Gasteiger partial charge on any atom is -0.481 e. The van der Waals surface area contributed by atoms with Gasteiger partial charge in [-0.1, -0.05) is 19.8 Å². The van der Waals surface area contributed by atoms with Crippen molar-refractivity contribution >= 4 is 23.4 Å². The topological polar surface area (TPSA) is 142 Å². The highest BCUT2D eigenvalue weighted by Gasteiger charge is 2.54. The second-order valence-corrected chi connectivity index (χ2v) is 13.6. The van der Waals surface area contributed by atoms with Gasteiger partial charge in [0.1, 0.15) is 11.4 Å². The lowest BCUT2D eigenvalue weighted by atomic mass is 9.69. The molecule has 1 saturated heterocycles. The highest BCUT2D eigenvalue weighted by Crippen LogP contribution is 2.52. The molecule has 0 bridgehead atoms. The van der Waals surface area contributed by atoms with Gasteiger partial charge in [0.15, 0.2) is 0 Å². The lowest BCUT2D eigenvalue weighted by Crippen LogP contribution is -2.66. The van der Waals surface area contributed by atoms with E-state index >= 15 is 0 Å². The third-order valence-electron chi connectivity index (χ3n) is 10.1. The number of ether oxygens (including phenoxy) is 1. The molecule has 0 aliphatic carbocycles. The van der Waals surface area contributed by atoms with Gasteiger partial charge in [0.05, 0.1) is 59.2 Å². The van der Waals surface area contributed by atoms with Crippen LogP contribution in [0.15, 0.2) is 42.6 Å². The molecule has 5 rings (SSSR count). The Labute approximate surface area is 309 Å². The van der Waals surface area contributed by atoms with Crippen LogP contribution < -0.4 is 15.5 Å². The van der Waals surface area contributed by atoms with Crippen molar-refractivity contribution in [3.05, 3.63) is 81.9 Å². The summed E-state index contributed by atoms with van der Waals surface area (Å²) in [5, 5.41) is 19.6. The van der Waals surface area contributed by atoms with Crippen LogP contribution >= 0.6 is 0 Å². The van der Waals surface area contributed by atoms with Gasteiger partial charge in [-0.05, 0) is 73.2 Å². The van der Waals surface area contributed by atoms with Crippen LogP contribution in [0.3, 0.4) is 0 Å². The maximum atomic E-state index is 14.2. The first kappa shape index (κ1) is 41.5. The number of nitrogens with two attached hydrogens (primary N) is 1. The van der Waals surface area contributed by atoms with Gasteiger partial charge in [0, 0.05) is 25.4 Å². The van der Waals surface area contributed by atoms with Crippen LogP contribution in [0, 0.1) is 5.92 Å². The molecule has 1 amide bonds. The fourth-order valence-electron chi connectivity index (χ4n) is 7.43. The van der Waals surface area contributed by atoms with E-state index < -0.39 is 82.6 Å². The van der Waals surface area contributed by atoms with Crippen molar-refractivity contribution in [2.75, 3.05) is 36.1 Å². The molecule has 4 N–H and O–H groups in total. The van der Waals surface area contributed by atoms with Gasteiger partial charge in [-0.15, -0.1) is 0 Å². The molecule has 1 fully saturated rings. The average Bonchev–Trinajstić information content (AvgIpc) is 3.10. The number of benzene rings is 1. The summed E-state index contributed by atoms with van der Waals surface area (Å²) >= 11 is 0. The third-order valence-corrected chi connectivity index (χ3v) is 10.1. The van der Waals surface area contributed by atoms with Gasteiger partial charge < -0.3 is 25.6 Å². The standard InChI is InChI=1S/C36H38F9N5O5/c1-2-33(46)25(6-4-3-5-7-28(51)52)29(31-26(50(33)32(53)54)8-9-27(48-31)36(43,44)45)30-21(17-24(19-47-30)49-10-12-55-13-11-49)14-20-15-22(34(37,38)39)18-23(16-20)35(40,41)42/h8-9,15-19,25,29H,2-7,10-14,46H2,1H3,(H,51,52)(H,53,54)/t25?,29-,33+/m0/s1. The number of aromatic nitrogens is 2. The van der Waals surface area contributed by atoms with Crippen LogP contribution in [0.1, 0.15) is 90.7 Å². The molecule has 0 saturated carbocycles. The predicted molar refractivity (Wildman–Crippen MR) is 180 cm³/mol. The second-order valence-electron chi connectivity index (χ2n) is 13.6. The highest BCUT2D eigenvalue weighted by atomic mass is 19.4. The van der Waals surface area contributed by atoms with Crippen molar-refractivity contribution in [3.63, 3.8) is 0 Å². The molecule has 0 spiro atoms. The van der Waals surface area contributed by atoms with Gasteiger partial charge in [-0.25, -0.2) is 9.78 Å². The molecule has 2 aromatic heterocycles. The first-order valence-electron chi connectivity index (χ1n) is 17.4. The largest absolute Gasteiger partial charge is 0.481 e. The van der Waals surface area contributed by atoms with Crippen molar-refractivity contribution in [2.45, 2.75) is 82.0 Å². The van der Waals surface area contributed by atoms with Crippen LogP contribution in [-0.4, -0.2) is 64.2 Å². The number of halogens is 9. The Morgan fingerprint density at radius 1 is 0.891 bits per heavy atom. The Morgan fingerprint density at radius 2 is 1.53 bits per heavy atom. The van der Waals surface area contributed by atoms with E-state index in [1.807, 2.05) is 4.90 Å². The number of hydrogen-bond donors (Lipinski definition) is 3. The summed E-state index contributed by atoms with van der Waals surface area (Å²) in [6.45, 7) is 2.84. The molecule has 2 aliphatic rings. The maximum Gasteiger partial charge on any atom is 0.433 e. The van der Waals surface area contributed by atoms with Gasteiger partial charge in [-0.3, -0.25) is 14.7 Å². The highest BCUT2D eigenvalue weighted by molar-refractivity contribution is 5.90. The number of hydrogen-bond acceptors (Lipinski definition) is 7. The fourth-order valence-corrected chi connectivity index (χ4v) is 7.43. The minimum absolute atomic E-state index is 0.00386. The molecule has 1 unspecified atom stereocenters. The fraction of sp³-hybridized carbons (Fsp3) is 0.500. The van der Waals surface area contributed by atoms with E-state index in [1.54, 1.807) is 6.92 Å². The van der Waals surface area contributed by atoms with Crippen LogP contribution in [0.5, 0.6) is 0 Å². The van der Waals surface area contributed by atoms with E-state index in [0.717, 1.165) is 11.0 Å². The molecular formula is C36H38F9N5O5. The SMILES string of the molecule is CC[C@]1(N)C(CCCCCC(=O)O)[C@@H](c2ncc(N3CCOCC3)cc2Cc2cc(C(F)(F)F)cc(C(F)(F)F)c2)c2nc(C(F)(F)F)ccc2N1C(=O)O. The lowest BCUT2D eigenvalue weighted by molar-refractivity contribution is -0.143. The van der Waals surface area contributed by atoms with E-state index in [2.05, 4.69) is 9.97 Å². The summed E-state index contributed by atoms with van der Waals surface area (Å²) in [6.07, 6.45) is -15.7. The van der Waals surface area contributed by atoms with Crippen LogP contribution in [0.4, 0.5) is 55.7 Å². The number of carboxylic acids is 1. The predicted octanol–water partition coefficient (Wildman–Crippen LogP) is 8.31. The van der Waals surface area contributed by atoms with E-state index in [0.29, 0.717) is 56.6 Å². The van der Waals surface area contributed by atoms with E-state index in [9.17, 15) is 54.2 Å². The summed E-state index contributed by atoms with van der Waals surface area (Å²) < 4.78 is 132. The van der Waals surface area contributed by atoms with Crippen molar-refractivity contribution in [1.82, 2.24) is 9.97 Å². The van der Waals surface area contributed by atoms with Gasteiger partial charge in [0.2, 0.25) is 0 Å². The Kier molecular flexibility index (Phi) is 12.0. The zero-order valence-corrected chi connectivity index (χ0v) is 29.4.